The number of Topliss-reactive ketones (excluding diaryl/α,β-unsaturated/α-hetero) is 1. The Morgan fingerprint density at radius 2 is 1.58 bits per heavy atom. The van der Waals surface area contributed by atoms with Crippen LogP contribution < -0.4 is 29.0 Å². The van der Waals surface area contributed by atoms with Gasteiger partial charge in [-0.05, 0) is 47.7 Å². The Kier molecular flexibility index (Phi) is 5.36. The molecule has 8 heteroatoms. The third-order valence-electron chi connectivity index (χ3n) is 6.49. The molecule has 2 aromatic rings. The Morgan fingerprint density at radius 1 is 0.848 bits per heavy atom. The maximum Gasteiger partial charge on any atom is 0.231 e. The molecule has 0 saturated heterocycles. The molecule has 3 aliphatic rings. The van der Waals surface area contributed by atoms with Crippen LogP contribution in [0.4, 0.5) is 0 Å². The van der Waals surface area contributed by atoms with Crippen LogP contribution in [0, 0.1) is 0 Å². The first-order valence-electron chi connectivity index (χ1n) is 10.8. The first kappa shape index (κ1) is 21.2. The number of nitrogens with one attached hydrogen (secondary N) is 1. The van der Waals surface area contributed by atoms with Crippen LogP contribution in [-0.4, -0.2) is 39.8 Å². The van der Waals surface area contributed by atoms with E-state index in [0.29, 0.717) is 52.9 Å². The Hall–Kier alpha value is -3.68. The zero-order chi connectivity index (χ0) is 23.1. The molecule has 2 atom stereocenters. The Balaban J connectivity index is 1.51. The molecule has 0 spiro atoms. The monoisotopic (exact) mass is 451 g/mol. The van der Waals surface area contributed by atoms with Crippen molar-refractivity contribution in [2.75, 3.05) is 28.1 Å². The summed E-state index contributed by atoms with van der Waals surface area (Å²) in [4.78, 5) is 26.0. The van der Waals surface area contributed by atoms with Crippen molar-refractivity contribution in [2.24, 2.45) is 0 Å². The van der Waals surface area contributed by atoms with Gasteiger partial charge in [-0.15, -0.1) is 0 Å². The molecule has 33 heavy (non-hydrogen) atoms. The van der Waals surface area contributed by atoms with Crippen molar-refractivity contribution in [1.29, 1.82) is 0 Å². The molecule has 0 aromatic heterocycles. The Morgan fingerprint density at radius 3 is 2.27 bits per heavy atom. The molecule has 0 saturated carbocycles. The lowest BCUT2D eigenvalue weighted by Gasteiger charge is -2.34. The molecule has 2 aliphatic heterocycles. The van der Waals surface area contributed by atoms with Crippen molar-refractivity contribution in [3.63, 3.8) is 0 Å². The molecule has 8 nitrogen and oxygen atoms in total. The van der Waals surface area contributed by atoms with E-state index in [1.807, 2.05) is 30.3 Å². The number of carbonyl (C=O) groups is 2. The van der Waals surface area contributed by atoms with Crippen molar-refractivity contribution < 1.29 is 33.3 Å². The van der Waals surface area contributed by atoms with Crippen molar-refractivity contribution >= 4 is 11.7 Å². The highest BCUT2D eigenvalue weighted by molar-refractivity contribution is 6.02. The maximum atomic E-state index is 13.4. The minimum absolute atomic E-state index is 0.0256. The van der Waals surface area contributed by atoms with Crippen molar-refractivity contribution in [2.45, 2.75) is 31.1 Å². The van der Waals surface area contributed by atoms with Gasteiger partial charge >= 0.3 is 0 Å². The molecule has 1 N–H and O–H groups in total. The molecular weight excluding hydrogens is 426 g/mol. The van der Waals surface area contributed by atoms with Crippen LogP contribution in [0.15, 0.2) is 41.6 Å². The van der Waals surface area contributed by atoms with Gasteiger partial charge in [-0.1, -0.05) is 6.07 Å². The van der Waals surface area contributed by atoms with Gasteiger partial charge in [-0.2, -0.15) is 0 Å². The van der Waals surface area contributed by atoms with E-state index in [4.69, 9.17) is 23.7 Å². The number of benzene rings is 2. The van der Waals surface area contributed by atoms with E-state index in [1.165, 1.54) is 0 Å². The van der Waals surface area contributed by atoms with E-state index < -0.39 is 0 Å². The largest absolute Gasteiger partial charge is 0.493 e. The summed E-state index contributed by atoms with van der Waals surface area (Å²) in [7, 11) is 4.67. The zero-order valence-corrected chi connectivity index (χ0v) is 18.7. The average Bonchev–Trinajstić information content (AvgIpc) is 3.30. The minimum atomic E-state index is -0.309. The fourth-order valence-corrected chi connectivity index (χ4v) is 4.95. The Bertz CT molecular complexity index is 1140. The highest BCUT2D eigenvalue weighted by Crippen LogP contribution is 2.47. The molecule has 172 valence electrons. The molecule has 1 aliphatic carbocycles. The fourth-order valence-electron chi connectivity index (χ4n) is 4.95. The molecule has 1 amide bonds. The van der Waals surface area contributed by atoms with Gasteiger partial charge < -0.3 is 29.0 Å². The molecule has 2 heterocycles. The maximum absolute atomic E-state index is 13.4. The lowest BCUT2D eigenvalue weighted by molar-refractivity contribution is -0.122. The van der Waals surface area contributed by atoms with Crippen molar-refractivity contribution in [3.05, 3.63) is 52.7 Å². The standard InChI is InChI=1S/C25H25NO7/c1-29-21-9-15(10-22(30-2)25(21)31-3)14-6-17-24(18(27)7-14)16(11-23(28)26-17)13-4-5-19-20(8-13)33-12-32-19/h4-5,8-10,14,16H,6-7,11-12H2,1-3H3,(H,26,28)/t14-,16+/m1/s1. The van der Waals surface area contributed by atoms with Crippen molar-refractivity contribution in [1.82, 2.24) is 5.32 Å². The molecule has 0 fully saturated rings. The van der Waals surface area contributed by atoms with Gasteiger partial charge in [0.05, 0.1) is 21.3 Å². The van der Waals surface area contributed by atoms with Gasteiger partial charge in [-0.25, -0.2) is 0 Å². The summed E-state index contributed by atoms with van der Waals surface area (Å²) in [6, 6.07) is 9.33. The summed E-state index contributed by atoms with van der Waals surface area (Å²) in [5.41, 5.74) is 3.13. The molecular formula is C25H25NO7. The first-order chi connectivity index (χ1) is 16.0. The van der Waals surface area contributed by atoms with Gasteiger partial charge in [0.1, 0.15) is 0 Å². The summed E-state index contributed by atoms with van der Waals surface area (Å²) >= 11 is 0. The van der Waals surface area contributed by atoms with Crippen LogP contribution >= 0.6 is 0 Å². The van der Waals surface area contributed by atoms with Crippen LogP contribution in [0.1, 0.15) is 42.2 Å². The van der Waals surface area contributed by atoms with Gasteiger partial charge in [0.25, 0.3) is 0 Å². The average molecular weight is 451 g/mol. The van der Waals surface area contributed by atoms with Gasteiger partial charge in [-0.3, -0.25) is 9.59 Å². The predicted octanol–water partition coefficient (Wildman–Crippen LogP) is 3.45. The third kappa shape index (κ3) is 3.65. The SMILES string of the molecule is COc1cc([C@H]2CC(=O)C3=C(C2)NC(=O)C[C@H]3c2ccc3c(c2)OCO3)cc(OC)c1OC. The van der Waals surface area contributed by atoms with Gasteiger partial charge in [0.2, 0.25) is 18.4 Å². The van der Waals surface area contributed by atoms with E-state index in [9.17, 15) is 9.59 Å². The number of carbonyl (C=O) groups excluding carboxylic acids is 2. The number of hydrogen-bond acceptors (Lipinski definition) is 7. The topological polar surface area (TPSA) is 92.3 Å². The van der Waals surface area contributed by atoms with Crippen LogP contribution in [-0.2, 0) is 9.59 Å². The Labute approximate surface area is 191 Å². The van der Waals surface area contributed by atoms with Crippen LogP contribution in [0.25, 0.3) is 0 Å². The summed E-state index contributed by atoms with van der Waals surface area (Å²) in [6.07, 6.45) is 1.08. The van der Waals surface area contributed by atoms with Gasteiger partial charge in [0.15, 0.2) is 28.8 Å². The predicted molar refractivity (Wildman–Crippen MR) is 118 cm³/mol. The number of ketones is 1. The summed E-state index contributed by atoms with van der Waals surface area (Å²) in [5.74, 6) is 2.37. The van der Waals surface area contributed by atoms with E-state index in [0.717, 1.165) is 11.1 Å². The molecule has 0 bridgehead atoms. The molecule has 0 radical (unpaired) electrons. The lowest BCUT2D eigenvalue weighted by Crippen LogP contribution is -2.38. The summed E-state index contributed by atoms with van der Waals surface area (Å²) in [6.45, 7) is 0.174. The number of fused-ring (bicyclic) bond motifs is 1. The number of allylic oxidation sites excluding steroid dienone is 2. The minimum Gasteiger partial charge on any atom is -0.493 e. The number of amides is 1. The summed E-state index contributed by atoms with van der Waals surface area (Å²) in [5, 5.41) is 2.96. The van der Waals surface area contributed by atoms with E-state index in [1.54, 1.807) is 21.3 Å². The second-order valence-corrected chi connectivity index (χ2v) is 8.30. The highest BCUT2D eigenvalue weighted by atomic mass is 16.7. The van der Waals surface area contributed by atoms with Gasteiger partial charge in [0, 0.05) is 30.0 Å². The normalized spacial score (nSPS) is 21.4. The molecule has 0 unspecified atom stereocenters. The molecule has 2 aromatic carbocycles. The first-order valence-corrected chi connectivity index (χ1v) is 10.8. The number of hydrogen-bond donors (Lipinski definition) is 1. The lowest BCUT2D eigenvalue weighted by atomic mass is 9.73. The quantitative estimate of drug-likeness (QED) is 0.744. The number of ether oxygens (including phenoxy) is 5. The fraction of sp³-hybridized carbons (Fsp3) is 0.360. The number of rotatable bonds is 5. The number of methoxy groups -OCH3 is 3. The highest BCUT2D eigenvalue weighted by Gasteiger charge is 2.39. The molecule has 5 rings (SSSR count). The summed E-state index contributed by atoms with van der Waals surface area (Å²) < 4.78 is 27.3. The smallest absolute Gasteiger partial charge is 0.231 e. The zero-order valence-electron chi connectivity index (χ0n) is 18.7. The van der Waals surface area contributed by atoms with Crippen LogP contribution in [0.5, 0.6) is 28.7 Å². The van der Waals surface area contributed by atoms with Crippen LogP contribution in [0.2, 0.25) is 0 Å². The van der Waals surface area contributed by atoms with E-state index in [-0.39, 0.29) is 36.7 Å². The van der Waals surface area contributed by atoms with E-state index >= 15 is 0 Å². The van der Waals surface area contributed by atoms with Crippen LogP contribution in [0.3, 0.4) is 0 Å². The second-order valence-electron chi connectivity index (χ2n) is 8.30. The third-order valence-corrected chi connectivity index (χ3v) is 6.49. The van der Waals surface area contributed by atoms with Crippen molar-refractivity contribution in [3.8, 4) is 28.7 Å². The van der Waals surface area contributed by atoms with E-state index in [2.05, 4.69) is 5.32 Å². The second kappa shape index (κ2) is 8.35.